The molecule has 1 fully saturated rings. The molecule has 2 aromatic rings. The molecule has 0 aliphatic carbocycles. The molecular weight excluding hydrogens is 435 g/mol. The summed E-state index contributed by atoms with van der Waals surface area (Å²) in [6.45, 7) is 4.00. The maximum absolute atomic E-state index is 13.0. The lowest BCUT2D eigenvalue weighted by molar-refractivity contribution is -0.137. The SMILES string of the molecule is CC[C@H](C)[C@H]1CN(c2ncc(Cl)cn2)C(=O)N1CC(=O)Cc1cc(C(F)(F)F)ccn1. The summed E-state index contributed by atoms with van der Waals surface area (Å²) >= 11 is 5.81. The number of carbonyl (C=O) groups is 2. The molecule has 2 amide bonds. The van der Waals surface area contributed by atoms with Crippen molar-refractivity contribution >= 4 is 29.4 Å². The van der Waals surface area contributed by atoms with Gasteiger partial charge in [0.15, 0.2) is 5.78 Å². The second-order valence-electron chi connectivity index (χ2n) is 7.42. The number of rotatable bonds is 7. The van der Waals surface area contributed by atoms with Crippen molar-refractivity contribution in [3.8, 4) is 0 Å². The number of ketones is 1. The molecule has 166 valence electrons. The van der Waals surface area contributed by atoms with E-state index >= 15 is 0 Å². The van der Waals surface area contributed by atoms with E-state index in [9.17, 15) is 22.8 Å². The molecule has 3 rings (SSSR count). The first-order valence-electron chi connectivity index (χ1n) is 9.69. The largest absolute Gasteiger partial charge is 0.416 e. The van der Waals surface area contributed by atoms with Crippen molar-refractivity contribution in [1.82, 2.24) is 19.9 Å². The molecule has 2 atom stereocenters. The monoisotopic (exact) mass is 455 g/mol. The van der Waals surface area contributed by atoms with E-state index in [-0.39, 0.29) is 36.6 Å². The van der Waals surface area contributed by atoms with E-state index in [4.69, 9.17) is 11.6 Å². The van der Waals surface area contributed by atoms with Crippen LogP contribution >= 0.6 is 11.6 Å². The molecule has 0 aromatic carbocycles. The van der Waals surface area contributed by atoms with Crippen LogP contribution in [0.25, 0.3) is 0 Å². The normalized spacial score (nSPS) is 17.9. The first-order valence-corrected chi connectivity index (χ1v) is 10.1. The van der Waals surface area contributed by atoms with Crippen molar-refractivity contribution in [3.63, 3.8) is 0 Å². The van der Waals surface area contributed by atoms with Crippen LogP contribution in [0, 0.1) is 5.92 Å². The number of pyridine rings is 1. The first kappa shape index (κ1) is 22.9. The van der Waals surface area contributed by atoms with E-state index in [0.717, 1.165) is 24.8 Å². The number of urea groups is 1. The van der Waals surface area contributed by atoms with Crippen molar-refractivity contribution in [2.75, 3.05) is 18.0 Å². The Kier molecular flexibility index (Phi) is 6.78. The van der Waals surface area contributed by atoms with Gasteiger partial charge >= 0.3 is 12.2 Å². The van der Waals surface area contributed by atoms with Crippen LogP contribution in [0.4, 0.5) is 23.9 Å². The van der Waals surface area contributed by atoms with E-state index in [0.29, 0.717) is 11.6 Å². The van der Waals surface area contributed by atoms with Crippen LogP contribution in [0.1, 0.15) is 31.5 Å². The van der Waals surface area contributed by atoms with Crippen LogP contribution in [-0.4, -0.2) is 50.8 Å². The highest BCUT2D eigenvalue weighted by Crippen LogP contribution is 2.30. The Bertz CT molecular complexity index is 955. The fourth-order valence-corrected chi connectivity index (χ4v) is 3.51. The molecule has 7 nitrogen and oxygen atoms in total. The van der Waals surface area contributed by atoms with Crippen molar-refractivity contribution < 1.29 is 22.8 Å². The van der Waals surface area contributed by atoms with Gasteiger partial charge in [0.25, 0.3) is 0 Å². The summed E-state index contributed by atoms with van der Waals surface area (Å²) in [6, 6.07) is 0.998. The summed E-state index contributed by atoms with van der Waals surface area (Å²) in [4.78, 5) is 40.5. The summed E-state index contributed by atoms with van der Waals surface area (Å²) in [5.74, 6) is -0.148. The quantitative estimate of drug-likeness (QED) is 0.630. The number of nitrogens with zero attached hydrogens (tertiary/aromatic N) is 5. The minimum atomic E-state index is -4.52. The van der Waals surface area contributed by atoms with Gasteiger partial charge in [0.2, 0.25) is 5.95 Å². The molecule has 3 heterocycles. The Morgan fingerprint density at radius 3 is 2.58 bits per heavy atom. The highest BCUT2D eigenvalue weighted by molar-refractivity contribution is 6.30. The Hall–Kier alpha value is -2.75. The number of carbonyl (C=O) groups excluding carboxylic acids is 2. The minimum absolute atomic E-state index is 0.00412. The number of aromatic nitrogens is 3. The van der Waals surface area contributed by atoms with E-state index in [1.54, 1.807) is 0 Å². The third kappa shape index (κ3) is 5.30. The van der Waals surface area contributed by atoms with Gasteiger partial charge < -0.3 is 4.90 Å². The Labute approximate surface area is 182 Å². The number of alkyl halides is 3. The number of hydrogen-bond acceptors (Lipinski definition) is 5. The fourth-order valence-electron chi connectivity index (χ4n) is 3.42. The van der Waals surface area contributed by atoms with Gasteiger partial charge in [0.1, 0.15) is 0 Å². The first-order chi connectivity index (χ1) is 14.6. The van der Waals surface area contributed by atoms with Crippen molar-refractivity contribution in [3.05, 3.63) is 47.0 Å². The van der Waals surface area contributed by atoms with Crippen LogP contribution in [0.5, 0.6) is 0 Å². The Morgan fingerprint density at radius 1 is 1.29 bits per heavy atom. The van der Waals surface area contributed by atoms with Crippen LogP contribution in [0.2, 0.25) is 5.02 Å². The average molecular weight is 456 g/mol. The highest BCUT2D eigenvalue weighted by atomic mass is 35.5. The van der Waals surface area contributed by atoms with Crippen LogP contribution < -0.4 is 4.90 Å². The lowest BCUT2D eigenvalue weighted by atomic mass is 9.98. The zero-order chi connectivity index (χ0) is 22.8. The van der Waals surface area contributed by atoms with E-state index in [2.05, 4.69) is 15.0 Å². The smallest absolute Gasteiger partial charge is 0.312 e. The number of hydrogen-bond donors (Lipinski definition) is 0. The van der Waals surface area contributed by atoms with Gasteiger partial charge in [-0.15, -0.1) is 0 Å². The molecule has 0 radical (unpaired) electrons. The van der Waals surface area contributed by atoms with Gasteiger partial charge in [-0.05, 0) is 18.1 Å². The standard InChI is InChI=1S/C20H21ClF3N5O2/c1-3-12(2)17-11-29(18-26-8-14(21)9-27-18)19(31)28(17)10-16(30)7-15-6-13(4-5-25-15)20(22,23)24/h4-6,8-9,12,17H,3,7,10-11H2,1-2H3/t12-,17+/m0/s1. The zero-order valence-electron chi connectivity index (χ0n) is 16.9. The number of amides is 2. The molecule has 1 aliphatic heterocycles. The van der Waals surface area contributed by atoms with Gasteiger partial charge in [-0.2, -0.15) is 13.2 Å². The van der Waals surface area contributed by atoms with Gasteiger partial charge in [-0.1, -0.05) is 31.9 Å². The molecule has 2 aromatic heterocycles. The lowest BCUT2D eigenvalue weighted by Gasteiger charge is -2.26. The second kappa shape index (κ2) is 9.17. The molecule has 0 N–H and O–H groups in total. The zero-order valence-corrected chi connectivity index (χ0v) is 17.7. The summed E-state index contributed by atoms with van der Waals surface area (Å²) < 4.78 is 38.7. The maximum Gasteiger partial charge on any atom is 0.416 e. The molecule has 0 unspecified atom stereocenters. The molecule has 1 aliphatic rings. The Morgan fingerprint density at radius 2 is 1.97 bits per heavy atom. The van der Waals surface area contributed by atoms with Crippen molar-refractivity contribution in [2.45, 2.75) is 38.9 Å². The summed E-state index contributed by atoms with van der Waals surface area (Å²) in [7, 11) is 0. The van der Waals surface area contributed by atoms with E-state index < -0.39 is 23.6 Å². The number of halogens is 4. The topological polar surface area (TPSA) is 79.3 Å². The third-order valence-corrected chi connectivity index (χ3v) is 5.46. The van der Waals surface area contributed by atoms with E-state index in [1.807, 2.05) is 13.8 Å². The average Bonchev–Trinajstić information content (AvgIpc) is 3.04. The Balaban J connectivity index is 1.76. The lowest BCUT2D eigenvalue weighted by Crippen LogP contribution is -2.42. The van der Waals surface area contributed by atoms with Crippen LogP contribution in [-0.2, 0) is 17.4 Å². The van der Waals surface area contributed by atoms with Gasteiger partial charge in [-0.25, -0.2) is 14.8 Å². The van der Waals surface area contributed by atoms with Crippen LogP contribution in [0.3, 0.4) is 0 Å². The second-order valence-corrected chi connectivity index (χ2v) is 7.86. The van der Waals surface area contributed by atoms with Gasteiger partial charge in [-0.3, -0.25) is 14.7 Å². The van der Waals surface area contributed by atoms with Gasteiger partial charge in [0.05, 0.1) is 48.5 Å². The van der Waals surface area contributed by atoms with Crippen molar-refractivity contribution in [1.29, 1.82) is 0 Å². The van der Waals surface area contributed by atoms with Crippen molar-refractivity contribution in [2.24, 2.45) is 5.92 Å². The molecule has 0 spiro atoms. The number of Topliss-reactive ketones (excluding diaryl/α,β-unsaturated/α-hetero) is 1. The predicted molar refractivity (Wildman–Crippen MR) is 108 cm³/mol. The summed E-state index contributed by atoms with van der Waals surface area (Å²) in [5, 5.41) is 0.328. The molecule has 11 heteroatoms. The maximum atomic E-state index is 13.0. The van der Waals surface area contributed by atoms with E-state index in [1.165, 1.54) is 22.2 Å². The fraction of sp³-hybridized carbons (Fsp3) is 0.450. The molecule has 31 heavy (non-hydrogen) atoms. The third-order valence-electron chi connectivity index (χ3n) is 5.26. The van der Waals surface area contributed by atoms with Crippen LogP contribution in [0.15, 0.2) is 30.7 Å². The summed E-state index contributed by atoms with van der Waals surface area (Å²) in [5.41, 5.74) is -0.865. The summed E-state index contributed by atoms with van der Waals surface area (Å²) in [6.07, 6.45) is -0.281. The highest BCUT2D eigenvalue weighted by Gasteiger charge is 2.42. The molecular formula is C20H21ClF3N5O2. The molecule has 1 saturated heterocycles. The number of anilines is 1. The minimum Gasteiger partial charge on any atom is -0.312 e. The van der Waals surface area contributed by atoms with Gasteiger partial charge in [0, 0.05) is 11.9 Å². The predicted octanol–water partition coefficient (Wildman–Crippen LogP) is 4.01. The molecule has 0 saturated carbocycles. The molecule has 0 bridgehead atoms.